The maximum absolute atomic E-state index is 11.5. The Balaban J connectivity index is 1.72. The molecule has 0 aliphatic heterocycles. The molecule has 4 rings (SSSR count). The number of nitrogens with zero attached hydrogens (tertiary/aromatic N) is 6. The summed E-state index contributed by atoms with van der Waals surface area (Å²) >= 11 is 0. The van der Waals surface area contributed by atoms with Gasteiger partial charge < -0.3 is 21.3 Å². The van der Waals surface area contributed by atoms with Crippen LogP contribution in [0.4, 0.5) is 28.1 Å². The minimum absolute atomic E-state index is 0.0785. The van der Waals surface area contributed by atoms with Crippen LogP contribution in [-0.2, 0) is 0 Å². The molecule has 0 aliphatic rings. The maximum Gasteiger partial charge on any atom is 0.318 e. The van der Waals surface area contributed by atoms with Crippen LogP contribution in [-0.4, -0.2) is 44.1 Å². The van der Waals surface area contributed by atoms with Gasteiger partial charge in [0.25, 0.3) is 0 Å². The number of nitriles is 1. The fourth-order valence-corrected chi connectivity index (χ4v) is 3.04. The van der Waals surface area contributed by atoms with Crippen molar-refractivity contribution < 1.29 is 4.79 Å². The number of rotatable bonds is 6. The third kappa shape index (κ3) is 4.39. The molecule has 0 saturated heterocycles. The largest absolute Gasteiger partial charge is 0.341 e. The molecule has 0 atom stereocenters. The molecule has 160 valence electrons. The quantitative estimate of drug-likeness (QED) is 0.343. The molecule has 0 saturated carbocycles. The molecule has 11 nitrogen and oxygen atoms in total. The fourth-order valence-electron chi connectivity index (χ4n) is 3.04. The van der Waals surface area contributed by atoms with Gasteiger partial charge in [0.2, 0.25) is 17.8 Å². The van der Waals surface area contributed by atoms with Crippen molar-refractivity contribution in [3.63, 3.8) is 0 Å². The molecule has 0 aliphatic carbocycles. The third-order valence-corrected chi connectivity index (χ3v) is 4.45. The van der Waals surface area contributed by atoms with E-state index >= 15 is 0 Å². The highest BCUT2D eigenvalue weighted by Gasteiger charge is 2.16. The standard InChI is InChI=1S/C21H20N10O/c1-13-25-18(24-12-11-22)30-19(26-13)31-17-6-4-3-5-16(17)29-20(31)27-14-7-9-15(10-8-14)28-21(32)23-2/h3-10H,12H2,1-2H3,(H,27,29)(H2,23,28,32)(H,24,25,26,30). The van der Waals surface area contributed by atoms with Crippen LogP contribution in [0.2, 0.25) is 0 Å². The lowest BCUT2D eigenvalue weighted by Crippen LogP contribution is -2.24. The predicted octanol–water partition coefficient (Wildman–Crippen LogP) is 2.95. The number of amides is 2. The van der Waals surface area contributed by atoms with Gasteiger partial charge in [-0.25, -0.2) is 14.3 Å². The number of hydrogen-bond acceptors (Lipinski definition) is 8. The van der Waals surface area contributed by atoms with E-state index in [2.05, 4.69) is 41.2 Å². The molecule has 11 heteroatoms. The molecule has 0 unspecified atom stereocenters. The Kier molecular flexibility index (Phi) is 5.76. The van der Waals surface area contributed by atoms with Gasteiger partial charge in [-0.3, -0.25) is 0 Å². The van der Waals surface area contributed by atoms with Crippen molar-refractivity contribution in [2.75, 3.05) is 29.5 Å². The molecule has 4 aromatic rings. The van der Waals surface area contributed by atoms with Gasteiger partial charge in [0.15, 0.2) is 0 Å². The van der Waals surface area contributed by atoms with E-state index in [1.54, 1.807) is 30.7 Å². The van der Waals surface area contributed by atoms with Gasteiger partial charge in [-0.05, 0) is 43.3 Å². The first-order valence-corrected chi connectivity index (χ1v) is 9.74. The number of urea groups is 1. The summed E-state index contributed by atoms with van der Waals surface area (Å²) in [6, 6.07) is 16.6. The monoisotopic (exact) mass is 428 g/mol. The van der Waals surface area contributed by atoms with Gasteiger partial charge in [0.05, 0.1) is 17.1 Å². The van der Waals surface area contributed by atoms with E-state index in [1.165, 1.54) is 0 Å². The predicted molar refractivity (Wildman–Crippen MR) is 121 cm³/mol. The highest BCUT2D eigenvalue weighted by molar-refractivity contribution is 5.89. The van der Waals surface area contributed by atoms with E-state index in [0.29, 0.717) is 29.4 Å². The second-order valence-electron chi connectivity index (χ2n) is 6.68. The van der Waals surface area contributed by atoms with E-state index in [-0.39, 0.29) is 12.6 Å². The minimum atomic E-state index is -0.293. The second-order valence-corrected chi connectivity index (χ2v) is 6.68. The highest BCUT2D eigenvalue weighted by Crippen LogP contribution is 2.26. The van der Waals surface area contributed by atoms with Crippen LogP contribution in [0.15, 0.2) is 48.5 Å². The average Bonchev–Trinajstić information content (AvgIpc) is 3.16. The number of nitrogens with one attached hydrogen (secondary N) is 4. The molecule has 0 spiro atoms. The molecule has 0 fully saturated rings. The van der Waals surface area contributed by atoms with Gasteiger partial charge in [0, 0.05) is 18.4 Å². The molecule has 32 heavy (non-hydrogen) atoms. The van der Waals surface area contributed by atoms with E-state index in [0.717, 1.165) is 16.7 Å². The van der Waals surface area contributed by atoms with Crippen molar-refractivity contribution in [2.24, 2.45) is 0 Å². The Morgan fingerprint density at radius 2 is 1.78 bits per heavy atom. The Morgan fingerprint density at radius 1 is 1.03 bits per heavy atom. The number of carbonyl (C=O) groups is 1. The highest BCUT2D eigenvalue weighted by atomic mass is 16.2. The lowest BCUT2D eigenvalue weighted by atomic mass is 10.3. The first-order valence-electron chi connectivity index (χ1n) is 9.74. The van der Waals surface area contributed by atoms with Gasteiger partial charge in [-0.2, -0.15) is 20.2 Å². The molecular weight excluding hydrogens is 408 g/mol. The Labute approximate surface area is 183 Å². The number of imidazole rings is 1. The number of aryl methyl sites for hydroxylation is 1. The Hall–Kier alpha value is -4.72. The number of hydrogen-bond donors (Lipinski definition) is 4. The summed E-state index contributed by atoms with van der Waals surface area (Å²) in [6.45, 7) is 1.84. The van der Waals surface area contributed by atoms with Crippen LogP contribution in [0.3, 0.4) is 0 Å². The van der Waals surface area contributed by atoms with Crippen molar-refractivity contribution in [2.45, 2.75) is 6.92 Å². The smallest absolute Gasteiger partial charge is 0.318 e. The summed E-state index contributed by atoms with van der Waals surface area (Å²) in [4.78, 5) is 29.4. The lowest BCUT2D eigenvalue weighted by Gasteiger charge is -2.12. The van der Waals surface area contributed by atoms with Crippen LogP contribution < -0.4 is 21.3 Å². The van der Waals surface area contributed by atoms with Gasteiger partial charge in [0.1, 0.15) is 12.4 Å². The zero-order valence-electron chi connectivity index (χ0n) is 17.4. The number of anilines is 4. The van der Waals surface area contributed by atoms with Crippen LogP contribution in [0, 0.1) is 18.3 Å². The van der Waals surface area contributed by atoms with E-state index in [9.17, 15) is 4.79 Å². The molecule has 2 aromatic heterocycles. The Morgan fingerprint density at radius 3 is 2.53 bits per heavy atom. The number of fused-ring (bicyclic) bond motifs is 1. The minimum Gasteiger partial charge on any atom is -0.341 e. The van der Waals surface area contributed by atoms with Gasteiger partial charge >= 0.3 is 6.03 Å². The molecule has 2 amide bonds. The van der Waals surface area contributed by atoms with Crippen LogP contribution >= 0.6 is 0 Å². The number of para-hydroxylation sites is 2. The fraction of sp³-hybridized carbons (Fsp3) is 0.143. The molecule has 2 aromatic carbocycles. The zero-order chi connectivity index (χ0) is 22.5. The molecule has 0 bridgehead atoms. The summed E-state index contributed by atoms with van der Waals surface area (Å²) < 4.78 is 1.79. The van der Waals surface area contributed by atoms with Crippen LogP contribution in [0.5, 0.6) is 0 Å². The molecule has 4 N–H and O–H groups in total. The number of carbonyl (C=O) groups excluding carboxylic acids is 1. The normalized spacial score (nSPS) is 10.4. The van der Waals surface area contributed by atoms with Crippen LogP contribution in [0.25, 0.3) is 17.0 Å². The summed E-state index contributed by atoms with van der Waals surface area (Å²) in [6.07, 6.45) is 0. The zero-order valence-corrected chi connectivity index (χ0v) is 17.4. The van der Waals surface area contributed by atoms with Crippen molar-refractivity contribution in [1.29, 1.82) is 5.26 Å². The number of benzene rings is 2. The van der Waals surface area contributed by atoms with Gasteiger partial charge in [-0.1, -0.05) is 12.1 Å². The van der Waals surface area contributed by atoms with Gasteiger partial charge in [-0.15, -0.1) is 0 Å². The first kappa shape index (κ1) is 20.5. The summed E-state index contributed by atoms with van der Waals surface area (Å²) in [7, 11) is 1.56. The molecule has 2 heterocycles. The van der Waals surface area contributed by atoms with E-state index < -0.39 is 0 Å². The summed E-state index contributed by atoms with van der Waals surface area (Å²) in [5.74, 6) is 1.69. The van der Waals surface area contributed by atoms with E-state index in [4.69, 9.17) is 5.26 Å². The number of aromatic nitrogens is 5. The SMILES string of the molecule is CNC(=O)Nc1ccc(Nc2nc3ccccc3n2-c2nc(C)nc(NCC#N)n2)cc1. The molecular formula is C21H20N10O. The van der Waals surface area contributed by atoms with E-state index in [1.807, 2.05) is 42.5 Å². The summed E-state index contributed by atoms with van der Waals surface area (Å²) in [5, 5.41) is 20.2. The third-order valence-electron chi connectivity index (χ3n) is 4.45. The van der Waals surface area contributed by atoms with Crippen molar-refractivity contribution >= 4 is 40.3 Å². The second kappa shape index (κ2) is 8.97. The van der Waals surface area contributed by atoms with Crippen molar-refractivity contribution in [3.8, 4) is 12.0 Å². The Bertz CT molecular complexity index is 1310. The summed E-state index contributed by atoms with van der Waals surface area (Å²) in [5.41, 5.74) is 2.99. The lowest BCUT2D eigenvalue weighted by molar-refractivity contribution is 0.254. The molecule has 0 radical (unpaired) electrons. The maximum atomic E-state index is 11.5. The topological polar surface area (TPSA) is 145 Å². The average molecular weight is 428 g/mol. The van der Waals surface area contributed by atoms with Crippen molar-refractivity contribution in [1.82, 2.24) is 29.8 Å². The first-order chi connectivity index (χ1) is 15.6. The van der Waals surface area contributed by atoms with Crippen molar-refractivity contribution in [3.05, 3.63) is 54.4 Å². The van der Waals surface area contributed by atoms with Crippen LogP contribution in [0.1, 0.15) is 5.82 Å².